The molecule has 1 heterocycles. The first-order valence-electron chi connectivity index (χ1n) is 6.48. The number of amides is 2. The van der Waals surface area contributed by atoms with Crippen molar-refractivity contribution >= 4 is 23.8 Å². The van der Waals surface area contributed by atoms with Gasteiger partial charge in [0.2, 0.25) is 0 Å². The van der Waals surface area contributed by atoms with Gasteiger partial charge in [-0.25, -0.2) is 4.79 Å². The maximum atomic E-state index is 11.9. The van der Waals surface area contributed by atoms with Crippen molar-refractivity contribution in [3.63, 3.8) is 0 Å². The van der Waals surface area contributed by atoms with Crippen LogP contribution in [0.5, 0.6) is 0 Å². The van der Waals surface area contributed by atoms with Crippen LogP contribution in [0.3, 0.4) is 0 Å². The first-order valence-corrected chi connectivity index (χ1v) is 7.63. The molecule has 3 N–H and O–H groups in total. The highest BCUT2D eigenvalue weighted by Gasteiger charge is 2.40. The average Bonchev–Trinajstić information content (AvgIpc) is 2.26. The molecule has 1 saturated heterocycles. The van der Waals surface area contributed by atoms with Crippen molar-refractivity contribution in [2.75, 3.05) is 11.5 Å². The summed E-state index contributed by atoms with van der Waals surface area (Å²) in [6, 6.07) is 0.0224. The fraction of sp³-hybridized carbons (Fsp3) is 0.833. The minimum atomic E-state index is -0.844. The lowest BCUT2D eigenvalue weighted by atomic mass is 9.74. The van der Waals surface area contributed by atoms with Crippen LogP contribution in [0.25, 0.3) is 0 Å². The molecule has 0 aromatic heterocycles. The fourth-order valence-corrected chi connectivity index (χ4v) is 3.63. The van der Waals surface area contributed by atoms with Gasteiger partial charge in [0.1, 0.15) is 0 Å². The van der Waals surface area contributed by atoms with E-state index in [1.165, 1.54) is 5.75 Å². The first-order chi connectivity index (χ1) is 8.60. The molecule has 0 spiro atoms. The van der Waals surface area contributed by atoms with Crippen molar-refractivity contribution in [1.82, 2.24) is 10.6 Å². The number of carbonyl (C=O) groups excluding carboxylic acids is 1. The van der Waals surface area contributed by atoms with Gasteiger partial charge in [-0.05, 0) is 37.9 Å². The summed E-state index contributed by atoms with van der Waals surface area (Å²) in [5, 5.41) is 14.7. The molecular formula is C12H20N2O3S. The first kappa shape index (κ1) is 13.5. The third-order valence-electron chi connectivity index (χ3n) is 3.67. The lowest BCUT2D eigenvalue weighted by molar-refractivity contribution is -0.139. The van der Waals surface area contributed by atoms with Crippen LogP contribution in [0.15, 0.2) is 0 Å². The number of nitrogens with one attached hydrogen (secondary N) is 2. The number of thioether (sulfide) groups is 1. The maximum Gasteiger partial charge on any atom is 0.315 e. The minimum absolute atomic E-state index is 0.0276. The second-order valence-electron chi connectivity index (χ2n) is 5.22. The number of carboxylic acids is 1. The Hall–Kier alpha value is -0.910. The predicted octanol–water partition coefficient (Wildman–Crippen LogP) is 1.58. The highest BCUT2D eigenvalue weighted by atomic mass is 32.2. The Morgan fingerprint density at radius 3 is 2.61 bits per heavy atom. The van der Waals surface area contributed by atoms with Crippen molar-refractivity contribution in [2.24, 2.45) is 0 Å². The number of aliphatic carboxylic acids is 1. The lowest BCUT2D eigenvalue weighted by Crippen LogP contribution is -2.58. The van der Waals surface area contributed by atoms with Crippen molar-refractivity contribution in [3.05, 3.63) is 0 Å². The van der Waals surface area contributed by atoms with E-state index >= 15 is 0 Å². The number of carbonyl (C=O) groups is 2. The molecule has 18 heavy (non-hydrogen) atoms. The van der Waals surface area contributed by atoms with E-state index in [1.54, 1.807) is 0 Å². The number of hydrogen-bond donors (Lipinski definition) is 3. The van der Waals surface area contributed by atoms with Crippen molar-refractivity contribution < 1.29 is 14.7 Å². The summed E-state index contributed by atoms with van der Waals surface area (Å²) in [5.41, 5.74) is -0.502. The zero-order chi connectivity index (χ0) is 13.0. The van der Waals surface area contributed by atoms with Crippen molar-refractivity contribution in [2.45, 2.75) is 50.1 Å². The summed E-state index contributed by atoms with van der Waals surface area (Å²) in [6.07, 6.45) is 4.72. The Balaban J connectivity index is 1.80. The van der Waals surface area contributed by atoms with E-state index in [2.05, 4.69) is 10.6 Å². The highest BCUT2D eigenvalue weighted by molar-refractivity contribution is 7.99. The summed E-state index contributed by atoms with van der Waals surface area (Å²) in [4.78, 5) is 22.7. The van der Waals surface area contributed by atoms with E-state index < -0.39 is 11.5 Å². The number of hydrogen-bond acceptors (Lipinski definition) is 3. The Morgan fingerprint density at radius 1 is 1.33 bits per heavy atom. The number of carboxylic acid groups (broad SMARTS) is 1. The molecule has 0 radical (unpaired) electrons. The number of urea groups is 1. The maximum absolute atomic E-state index is 11.9. The molecule has 1 atom stereocenters. The molecule has 6 heteroatoms. The van der Waals surface area contributed by atoms with Crippen LogP contribution in [0.4, 0.5) is 4.79 Å². The van der Waals surface area contributed by atoms with Crippen LogP contribution in [-0.2, 0) is 4.79 Å². The van der Waals surface area contributed by atoms with E-state index in [4.69, 9.17) is 5.11 Å². The molecule has 5 nitrogen and oxygen atoms in total. The minimum Gasteiger partial charge on any atom is -0.481 e. The lowest BCUT2D eigenvalue weighted by Gasteiger charge is -2.41. The van der Waals surface area contributed by atoms with Crippen molar-refractivity contribution in [3.8, 4) is 0 Å². The third-order valence-corrected chi connectivity index (χ3v) is 4.89. The molecule has 1 saturated carbocycles. The van der Waals surface area contributed by atoms with Crippen LogP contribution in [0.2, 0.25) is 0 Å². The number of rotatable bonds is 4. The monoisotopic (exact) mass is 272 g/mol. The molecule has 1 aliphatic heterocycles. The van der Waals surface area contributed by atoms with Gasteiger partial charge in [0.25, 0.3) is 0 Å². The van der Waals surface area contributed by atoms with Gasteiger partial charge in [-0.15, -0.1) is 0 Å². The van der Waals surface area contributed by atoms with Crippen molar-refractivity contribution in [1.29, 1.82) is 0 Å². The fourth-order valence-electron chi connectivity index (χ4n) is 2.56. The molecule has 2 aliphatic rings. The van der Waals surface area contributed by atoms with Crippen LogP contribution in [-0.4, -0.2) is 40.2 Å². The smallest absolute Gasteiger partial charge is 0.315 e. The van der Waals surface area contributed by atoms with Gasteiger partial charge < -0.3 is 15.7 Å². The van der Waals surface area contributed by atoms with Gasteiger partial charge in [-0.3, -0.25) is 4.79 Å². The summed E-state index contributed by atoms with van der Waals surface area (Å²) < 4.78 is 0. The molecule has 2 rings (SSSR count). The van der Waals surface area contributed by atoms with Gasteiger partial charge in [0, 0.05) is 11.8 Å². The van der Waals surface area contributed by atoms with Gasteiger partial charge >= 0.3 is 12.0 Å². The Labute approximate surface area is 111 Å². The summed E-state index contributed by atoms with van der Waals surface area (Å²) in [7, 11) is 0. The normalized spacial score (nSPS) is 25.9. The second-order valence-corrected chi connectivity index (χ2v) is 6.37. The van der Waals surface area contributed by atoms with Crippen LogP contribution < -0.4 is 10.6 Å². The molecule has 0 bridgehead atoms. The Morgan fingerprint density at radius 2 is 2.11 bits per heavy atom. The van der Waals surface area contributed by atoms with Gasteiger partial charge in [0.15, 0.2) is 0 Å². The molecule has 0 aromatic rings. The molecule has 0 aromatic carbocycles. The zero-order valence-corrected chi connectivity index (χ0v) is 11.2. The SMILES string of the molecule is O=C(O)CC1(NC(=O)NC2CCCSC2)CCC1. The van der Waals surface area contributed by atoms with Crippen LogP contribution in [0.1, 0.15) is 38.5 Å². The molecule has 1 aliphatic carbocycles. The molecule has 2 amide bonds. The molecule has 1 unspecified atom stereocenters. The van der Waals surface area contributed by atoms with Gasteiger partial charge in [-0.1, -0.05) is 0 Å². The quantitative estimate of drug-likeness (QED) is 0.726. The van der Waals surface area contributed by atoms with Crippen LogP contribution >= 0.6 is 11.8 Å². The van der Waals surface area contributed by atoms with Gasteiger partial charge in [-0.2, -0.15) is 11.8 Å². The predicted molar refractivity (Wildman–Crippen MR) is 70.8 cm³/mol. The summed E-state index contributed by atoms with van der Waals surface area (Å²) in [5.74, 6) is 1.28. The molecule has 2 fully saturated rings. The summed E-state index contributed by atoms with van der Waals surface area (Å²) >= 11 is 1.86. The van der Waals surface area contributed by atoms with E-state index in [-0.39, 0.29) is 18.5 Å². The Kier molecular flexibility index (Phi) is 4.37. The average molecular weight is 272 g/mol. The van der Waals surface area contributed by atoms with Gasteiger partial charge in [0.05, 0.1) is 12.0 Å². The van der Waals surface area contributed by atoms with Crippen LogP contribution in [0, 0.1) is 0 Å². The largest absolute Gasteiger partial charge is 0.481 e. The van der Waals surface area contributed by atoms with E-state index in [9.17, 15) is 9.59 Å². The second kappa shape index (κ2) is 5.82. The Bertz CT molecular complexity index is 325. The van der Waals surface area contributed by atoms with E-state index in [0.717, 1.165) is 37.9 Å². The van der Waals surface area contributed by atoms with E-state index in [0.29, 0.717) is 0 Å². The highest BCUT2D eigenvalue weighted by Crippen LogP contribution is 2.34. The molecule has 102 valence electrons. The topological polar surface area (TPSA) is 78.4 Å². The molecular weight excluding hydrogens is 252 g/mol. The van der Waals surface area contributed by atoms with E-state index in [1.807, 2.05) is 11.8 Å². The third kappa shape index (κ3) is 3.54. The summed E-state index contributed by atoms with van der Waals surface area (Å²) in [6.45, 7) is 0. The standard InChI is InChI=1S/C12H20N2O3S/c15-10(16)7-12(4-2-5-12)14-11(17)13-9-3-1-6-18-8-9/h9H,1-8H2,(H,15,16)(H2,13,14,17). The zero-order valence-electron chi connectivity index (χ0n) is 10.4.